The van der Waals surface area contributed by atoms with Gasteiger partial charge in [0.25, 0.3) is 0 Å². The molecule has 280 valence electrons. The van der Waals surface area contributed by atoms with Gasteiger partial charge in [0.05, 0.1) is 17.5 Å². The van der Waals surface area contributed by atoms with Crippen LogP contribution in [0.15, 0.2) is 48.8 Å². The van der Waals surface area contributed by atoms with Crippen LogP contribution < -0.4 is 15.3 Å². The number of hydrogen-bond donors (Lipinski definition) is 2. The number of likely N-dealkylation sites (tertiary alicyclic amines) is 1. The topological polar surface area (TPSA) is 219 Å². The average Bonchev–Trinajstić information content (AvgIpc) is 3.80. The van der Waals surface area contributed by atoms with Crippen LogP contribution in [0.25, 0.3) is 5.52 Å². The molecule has 17 nitrogen and oxygen atoms in total. The summed E-state index contributed by atoms with van der Waals surface area (Å²) < 4.78 is 51.5. The summed E-state index contributed by atoms with van der Waals surface area (Å²) in [5.74, 6) is -3.12. The van der Waals surface area contributed by atoms with E-state index in [-0.39, 0.29) is 23.4 Å². The van der Waals surface area contributed by atoms with Crippen LogP contribution in [0.1, 0.15) is 52.8 Å². The number of aromatic nitrogens is 3. The van der Waals surface area contributed by atoms with Crippen molar-refractivity contribution in [3.05, 3.63) is 54.5 Å². The second-order valence-corrected chi connectivity index (χ2v) is 15.1. The van der Waals surface area contributed by atoms with E-state index in [0.717, 1.165) is 6.54 Å². The molecule has 2 aliphatic heterocycles. The van der Waals surface area contributed by atoms with Crippen molar-refractivity contribution in [2.45, 2.75) is 77.1 Å². The molecule has 2 aromatic heterocycles. The van der Waals surface area contributed by atoms with Gasteiger partial charge in [-0.25, -0.2) is 14.1 Å². The molecule has 0 aliphatic carbocycles. The first-order chi connectivity index (χ1) is 24.6. The molecule has 0 bridgehead atoms. The summed E-state index contributed by atoms with van der Waals surface area (Å²) in [5, 5.41) is 17.7. The minimum absolute atomic E-state index is 0.121. The summed E-state index contributed by atoms with van der Waals surface area (Å²) in [6, 6.07) is 12.1. The molecular weight excluding hydrogens is 697 g/mol. The van der Waals surface area contributed by atoms with E-state index in [2.05, 4.69) is 15.2 Å². The molecule has 0 amide bonds. The Morgan fingerprint density at radius 3 is 2.38 bits per heavy atom. The van der Waals surface area contributed by atoms with Crippen LogP contribution in [0, 0.1) is 23.2 Å². The van der Waals surface area contributed by atoms with E-state index < -0.39 is 74.1 Å². The van der Waals surface area contributed by atoms with Crippen molar-refractivity contribution in [3.63, 3.8) is 0 Å². The lowest BCUT2D eigenvalue weighted by Gasteiger charge is -2.31. The maximum absolute atomic E-state index is 14.5. The van der Waals surface area contributed by atoms with Gasteiger partial charge in [0.1, 0.15) is 48.5 Å². The molecule has 0 radical (unpaired) electrons. The van der Waals surface area contributed by atoms with Crippen LogP contribution >= 0.6 is 7.75 Å². The molecule has 0 spiro atoms. The lowest BCUT2D eigenvalue weighted by atomic mass is 9.95. The van der Waals surface area contributed by atoms with Gasteiger partial charge in [-0.05, 0) is 44.7 Å². The second-order valence-electron chi connectivity index (χ2n) is 13.4. The third-order valence-electron chi connectivity index (χ3n) is 8.58. The average molecular weight is 742 g/mol. The van der Waals surface area contributed by atoms with Crippen LogP contribution in [0.3, 0.4) is 0 Å². The van der Waals surface area contributed by atoms with Gasteiger partial charge in [-0.1, -0.05) is 45.9 Å². The zero-order valence-electron chi connectivity index (χ0n) is 29.8. The Balaban J connectivity index is 1.52. The Hall–Kier alpha value is -4.59. The number of likely N-dealkylation sites (N-methyl/N-ethyl adjacent to an activating group) is 1. The van der Waals surface area contributed by atoms with Crippen molar-refractivity contribution in [1.29, 1.82) is 5.26 Å². The fraction of sp³-hybridized carbons (Fsp3) is 0.529. The molecule has 1 unspecified atom stereocenters. The number of rotatable bonds is 14. The highest BCUT2D eigenvalue weighted by Gasteiger charge is 2.62. The first-order valence-corrected chi connectivity index (χ1v) is 18.4. The Kier molecular flexibility index (Phi) is 11.9. The lowest BCUT2D eigenvalue weighted by molar-refractivity contribution is -0.173. The highest BCUT2D eigenvalue weighted by molar-refractivity contribution is 7.52. The van der Waals surface area contributed by atoms with Crippen LogP contribution in [-0.4, -0.2) is 94.1 Å². The number of nitriles is 1. The largest absolute Gasteiger partial charge is 0.460 e. The number of benzene rings is 1. The highest BCUT2D eigenvalue weighted by Crippen LogP contribution is 2.50. The molecular formula is C34H44N7O10P. The summed E-state index contributed by atoms with van der Waals surface area (Å²) in [7, 11) is -2.66. The molecule has 3 N–H and O–H groups in total. The minimum Gasteiger partial charge on any atom is -0.460 e. The zero-order chi connectivity index (χ0) is 37.8. The minimum atomic E-state index is -4.57. The number of fused-ring (bicyclic) bond motifs is 1. The number of hydrogen-bond acceptors (Lipinski definition) is 15. The van der Waals surface area contributed by atoms with E-state index in [9.17, 15) is 24.2 Å². The van der Waals surface area contributed by atoms with Gasteiger partial charge in [-0.3, -0.25) is 18.9 Å². The van der Waals surface area contributed by atoms with Crippen molar-refractivity contribution in [2.24, 2.45) is 11.8 Å². The van der Waals surface area contributed by atoms with Crippen molar-refractivity contribution < 1.29 is 46.9 Å². The molecule has 3 aromatic rings. The van der Waals surface area contributed by atoms with Crippen molar-refractivity contribution in [2.75, 3.05) is 32.5 Å². The van der Waals surface area contributed by atoms with Gasteiger partial charge in [-0.2, -0.15) is 15.4 Å². The maximum Gasteiger partial charge on any atom is 0.459 e. The van der Waals surface area contributed by atoms with Crippen LogP contribution in [0.5, 0.6) is 5.75 Å². The summed E-state index contributed by atoms with van der Waals surface area (Å²) in [6.07, 6.45) is -2.81. The van der Waals surface area contributed by atoms with Crippen LogP contribution in [0.4, 0.5) is 5.82 Å². The normalized spacial score (nSPS) is 25.1. The van der Waals surface area contributed by atoms with E-state index in [4.69, 9.17) is 33.7 Å². The molecule has 4 heterocycles. The van der Waals surface area contributed by atoms with Crippen molar-refractivity contribution >= 4 is 37.0 Å². The Morgan fingerprint density at radius 2 is 1.75 bits per heavy atom. The van der Waals surface area contributed by atoms with Gasteiger partial charge in [-0.15, -0.1) is 0 Å². The van der Waals surface area contributed by atoms with Crippen molar-refractivity contribution in [3.8, 4) is 11.8 Å². The highest BCUT2D eigenvalue weighted by atomic mass is 31.2. The van der Waals surface area contributed by atoms with E-state index >= 15 is 0 Å². The molecule has 5 rings (SSSR count). The number of nitrogens with two attached hydrogens (primary N) is 1. The number of nitrogens with zero attached hydrogens (tertiary/aromatic N) is 5. The standard InChI is InChI=1S/C34H44N7O10P/c1-20(2)31(42)48-28-27(25-12-13-26-30(36)37-19-38-41(25)26)50-34(17-35,29(28)49-32(43)21(3)4)18-46-52(45,51-23-10-8-7-9-11-23)39-22(5)33(44)47-24-14-15-40(6)16-24/h7-13,19-22,24,27-29H,14-16,18H2,1-6H3,(H,39,45)(H2,36,37,38)/t22-,24+,27-,28-,29-,34+,52?/m0/s1. The molecule has 2 saturated heterocycles. The number of carbonyl (C=O) groups excluding carboxylic acids is 3. The van der Waals surface area contributed by atoms with Gasteiger partial charge in [0, 0.05) is 13.1 Å². The quantitative estimate of drug-likeness (QED) is 0.138. The number of anilines is 1. The van der Waals surface area contributed by atoms with Crippen LogP contribution in [0.2, 0.25) is 0 Å². The predicted octanol–water partition coefficient (Wildman–Crippen LogP) is 3.21. The van der Waals surface area contributed by atoms with Crippen LogP contribution in [-0.2, 0) is 42.4 Å². The smallest absolute Gasteiger partial charge is 0.459 e. The lowest BCUT2D eigenvalue weighted by Crippen LogP contribution is -2.50. The fourth-order valence-corrected chi connectivity index (χ4v) is 7.22. The summed E-state index contributed by atoms with van der Waals surface area (Å²) in [6.45, 7) is 8.30. The van der Waals surface area contributed by atoms with E-state index in [1.54, 1.807) is 58.0 Å². The molecule has 18 heteroatoms. The molecule has 1 aromatic carbocycles. The Labute approximate surface area is 301 Å². The zero-order valence-corrected chi connectivity index (χ0v) is 30.7. The number of esters is 3. The number of nitrogens with one attached hydrogen (secondary N) is 1. The summed E-state index contributed by atoms with van der Waals surface area (Å²) >= 11 is 0. The van der Waals surface area contributed by atoms with Gasteiger partial charge in [0.15, 0.2) is 18.0 Å². The summed E-state index contributed by atoms with van der Waals surface area (Å²) in [5.41, 5.74) is 4.50. The van der Waals surface area contributed by atoms with E-state index in [1.807, 2.05) is 18.0 Å². The molecule has 7 atom stereocenters. The summed E-state index contributed by atoms with van der Waals surface area (Å²) in [4.78, 5) is 45.5. The Bertz CT molecular complexity index is 1850. The maximum atomic E-state index is 14.5. The third-order valence-corrected chi connectivity index (χ3v) is 10.2. The number of para-hydroxylation sites is 1. The number of nitrogen functional groups attached to an aromatic ring is 1. The molecule has 2 fully saturated rings. The first kappa shape index (κ1) is 38.6. The fourth-order valence-electron chi connectivity index (χ4n) is 5.70. The Morgan fingerprint density at radius 1 is 1.06 bits per heavy atom. The van der Waals surface area contributed by atoms with Crippen molar-refractivity contribution in [1.82, 2.24) is 24.6 Å². The second kappa shape index (κ2) is 16.0. The molecule has 52 heavy (non-hydrogen) atoms. The predicted molar refractivity (Wildman–Crippen MR) is 184 cm³/mol. The monoisotopic (exact) mass is 741 g/mol. The molecule has 2 aliphatic rings. The SMILES string of the molecule is CC(C)C(=O)O[C@H]1[C@H](c2ccc3c(N)ncnn23)O[C@](C#N)(COP(=O)(N[C@@H](C)C(=O)O[C@@H]2CCN(C)C2)Oc2ccccc2)[C@H]1OC(=O)C(C)C. The van der Waals surface area contributed by atoms with E-state index in [1.165, 1.54) is 29.9 Å². The number of ether oxygens (including phenoxy) is 4. The van der Waals surface area contributed by atoms with Gasteiger partial charge in [0.2, 0.25) is 5.60 Å². The molecule has 0 saturated carbocycles. The van der Waals surface area contributed by atoms with E-state index in [0.29, 0.717) is 18.5 Å². The number of carbonyl (C=O) groups is 3. The van der Waals surface area contributed by atoms with Gasteiger partial charge < -0.3 is 34.1 Å². The first-order valence-electron chi connectivity index (χ1n) is 16.9. The third kappa shape index (κ3) is 8.54. The van der Waals surface area contributed by atoms with Gasteiger partial charge >= 0.3 is 25.7 Å².